The Balaban J connectivity index is 2.45. The molecule has 2 aromatic rings. The van der Waals surface area contributed by atoms with Gasteiger partial charge in [-0.1, -0.05) is 6.07 Å². The Labute approximate surface area is 80.3 Å². The Morgan fingerprint density at radius 1 is 1.50 bits per heavy atom. The third kappa shape index (κ3) is 1.45. The van der Waals surface area contributed by atoms with E-state index in [0.29, 0.717) is 24.3 Å². The number of tetrazole rings is 1. The third-order valence-corrected chi connectivity index (χ3v) is 2.03. The molecule has 0 aliphatic heterocycles. The topological polar surface area (TPSA) is 89.3 Å². The van der Waals surface area contributed by atoms with Crippen molar-refractivity contribution in [1.29, 1.82) is 0 Å². The van der Waals surface area contributed by atoms with Crippen molar-refractivity contribution >= 4 is 5.65 Å². The van der Waals surface area contributed by atoms with E-state index >= 15 is 0 Å². The highest BCUT2D eigenvalue weighted by Gasteiger charge is 2.11. The largest absolute Gasteiger partial charge is 0.387 e. The second-order valence-electron chi connectivity index (χ2n) is 2.99. The molecule has 2 aromatic heterocycles. The molecular formula is C8H11N5O. The zero-order valence-corrected chi connectivity index (χ0v) is 7.54. The fraction of sp³-hybridized carbons (Fsp3) is 0.375. The van der Waals surface area contributed by atoms with E-state index in [9.17, 15) is 5.11 Å². The van der Waals surface area contributed by atoms with Gasteiger partial charge in [0.15, 0.2) is 5.65 Å². The van der Waals surface area contributed by atoms with Crippen molar-refractivity contribution in [1.82, 2.24) is 20.0 Å². The summed E-state index contributed by atoms with van der Waals surface area (Å²) in [6, 6.07) is 5.36. The van der Waals surface area contributed by atoms with Crippen molar-refractivity contribution in [3.63, 3.8) is 0 Å². The van der Waals surface area contributed by atoms with Crippen LogP contribution in [0.4, 0.5) is 0 Å². The van der Waals surface area contributed by atoms with Crippen LogP contribution in [0, 0.1) is 0 Å². The first-order valence-electron chi connectivity index (χ1n) is 4.38. The summed E-state index contributed by atoms with van der Waals surface area (Å²) >= 11 is 0. The second kappa shape index (κ2) is 3.69. The Hall–Kier alpha value is -1.53. The highest BCUT2D eigenvalue weighted by molar-refractivity contribution is 5.36. The van der Waals surface area contributed by atoms with Crippen molar-refractivity contribution in [2.75, 3.05) is 6.54 Å². The minimum absolute atomic E-state index is 0.430. The maximum absolute atomic E-state index is 9.74. The summed E-state index contributed by atoms with van der Waals surface area (Å²) in [6.07, 6.45) is -0.119. The Kier molecular flexibility index (Phi) is 2.38. The van der Waals surface area contributed by atoms with Gasteiger partial charge >= 0.3 is 0 Å². The van der Waals surface area contributed by atoms with Gasteiger partial charge in [-0.05, 0) is 35.5 Å². The molecule has 6 heteroatoms. The van der Waals surface area contributed by atoms with E-state index in [1.165, 1.54) is 4.52 Å². The number of aliphatic hydroxyl groups is 1. The molecule has 74 valence electrons. The van der Waals surface area contributed by atoms with Gasteiger partial charge < -0.3 is 10.8 Å². The molecule has 0 spiro atoms. The summed E-state index contributed by atoms with van der Waals surface area (Å²) in [4.78, 5) is 0. The summed E-state index contributed by atoms with van der Waals surface area (Å²) in [5, 5.41) is 20.8. The van der Waals surface area contributed by atoms with E-state index in [4.69, 9.17) is 5.73 Å². The fourth-order valence-corrected chi connectivity index (χ4v) is 1.34. The number of aliphatic hydroxyl groups excluding tert-OH is 1. The van der Waals surface area contributed by atoms with E-state index in [-0.39, 0.29) is 0 Å². The van der Waals surface area contributed by atoms with Crippen molar-refractivity contribution in [2.45, 2.75) is 12.5 Å². The van der Waals surface area contributed by atoms with Crippen LogP contribution in [0.25, 0.3) is 5.65 Å². The summed E-state index contributed by atoms with van der Waals surface area (Å²) in [7, 11) is 0. The molecule has 0 aliphatic rings. The molecule has 0 fully saturated rings. The monoisotopic (exact) mass is 193 g/mol. The first kappa shape index (κ1) is 9.04. The number of nitrogens with two attached hydrogens (primary N) is 1. The molecule has 1 unspecified atom stereocenters. The SMILES string of the molecule is NCCC(O)c1cccc2nnnn12. The highest BCUT2D eigenvalue weighted by atomic mass is 16.3. The first-order chi connectivity index (χ1) is 6.83. The molecule has 0 amide bonds. The molecule has 0 radical (unpaired) electrons. The van der Waals surface area contributed by atoms with Gasteiger partial charge in [0.2, 0.25) is 0 Å². The normalized spacial score (nSPS) is 13.3. The molecule has 1 atom stereocenters. The lowest BCUT2D eigenvalue weighted by Gasteiger charge is -2.09. The lowest BCUT2D eigenvalue weighted by molar-refractivity contribution is 0.162. The predicted molar refractivity (Wildman–Crippen MR) is 49.4 cm³/mol. The molecule has 0 bridgehead atoms. The van der Waals surface area contributed by atoms with Crippen molar-refractivity contribution in [2.24, 2.45) is 5.73 Å². The summed E-state index contributed by atoms with van der Waals surface area (Å²) in [5.74, 6) is 0. The Morgan fingerprint density at radius 2 is 2.36 bits per heavy atom. The van der Waals surface area contributed by atoms with Crippen LogP contribution in [0.15, 0.2) is 18.2 Å². The van der Waals surface area contributed by atoms with Crippen LogP contribution in [0.5, 0.6) is 0 Å². The molecule has 2 heterocycles. The number of rotatable bonds is 3. The van der Waals surface area contributed by atoms with Crippen LogP contribution in [0.3, 0.4) is 0 Å². The summed E-state index contributed by atoms with van der Waals surface area (Å²) < 4.78 is 1.51. The molecule has 0 aliphatic carbocycles. The first-order valence-corrected chi connectivity index (χ1v) is 4.38. The number of fused-ring (bicyclic) bond motifs is 1. The summed E-state index contributed by atoms with van der Waals surface area (Å²) in [6.45, 7) is 0.430. The zero-order valence-electron chi connectivity index (χ0n) is 7.54. The Bertz CT molecular complexity index is 426. The van der Waals surface area contributed by atoms with Crippen LogP contribution < -0.4 is 5.73 Å². The molecule has 6 nitrogen and oxygen atoms in total. The van der Waals surface area contributed by atoms with E-state index in [1.807, 2.05) is 0 Å². The number of aromatic nitrogens is 4. The van der Waals surface area contributed by atoms with Crippen LogP contribution in [-0.4, -0.2) is 31.7 Å². The number of nitrogens with zero attached hydrogens (tertiary/aromatic N) is 4. The summed E-state index contributed by atoms with van der Waals surface area (Å²) in [5.41, 5.74) is 6.65. The maximum atomic E-state index is 9.74. The lowest BCUT2D eigenvalue weighted by atomic mass is 10.1. The van der Waals surface area contributed by atoms with Gasteiger partial charge in [0, 0.05) is 0 Å². The van der Waals surface area contributed by atoms with Gasteiger partial charge in [-0.3, -0.25) is 0 Å². The molecule has 0 saturated carbocycles. The second-order valence-corrected chi connectivity index (χ2v) is 2.99. The van der Waals surface area contributed by atoms with E-state index in [0.717, 1.165) is 0 Å². The predicted octanol–water partition coefficient (Wildman–Crippen LogP) is -0.494. The third-order valence-electron chi connectivity index (χ3n) is 2.03. The molecule has 0 saturated heterocycles. The van der Waals surface area contributed by atoms with Gasteiger partial charge in [0.05, 0.1) is 11.8 Å². The van der Waals surface area contributed by atoms with Crippen molar-refractivity contribution < 1.29 is 5.11 Å². The minimum Gasteiger partial charge on any atom is -0.387 e. The van der Waals surface area contributed by atoms with Crippen molar-refractivity contribution in [3.8, 4) is 0 Å². The smallest absolute Gasteiger partial charge is 0.179 e. The maximum Gasteiger partial charge on any atom is 0.179 e. The Morgan fingerprint density at radius 3 is 3.14 bits per heavy atom. The zero-order chi connectivity index (χ0) is 9.97. The molecule has 3 N–H and O–H groups in total. The molecule has 2 rings (SSSR count). The average Bonchev–Trinajstić information content (AvgIpc) is 2.65. The van der Waals surface area contributed by atoms with E-state index in [2.05, 4.69) is 15.5 Å². The van der Waals surface area contributed by atoms with Gasteiger partial charge in [-0.2, -0.15) is 4.52 Å². The molecular weight excluding hydrogens is 182 g/mol. The highest BCUT2D eigenvalue weighted by Crippen LogP contribution is 2.15. The minimum atomic E-state index is -0.618. The fourth-order valence-electron chi connectivity index (χ4n) is 1.34. The van der Waals surface area contributed by atoms with Gasteiger partial charge in [0.25, 0.3) is 0 Å². The lowest BCUT2D eigenvalue weighted by Crippen LogP contribution is -2.10. The standard InChI is InChI=1S/C8H11N5O/c9-5-4-7(14)6-2-1-3-8-10-11-12-13(6)8/h1-3,7,14H,4-5,9H2. The van der Waals surface area contributed by atoms with E-state index in [1.54, 1.807) is 18.2 Å². The number of pyridine rings is 1. The van der Waals surface area contributed by atoms with Gasteiger partial charge in [-0.25, -0.2) is 0 Å². The van der Waals surface area contributed by atoms with Crippen LogP contribution in [-0.2, 0) is 0 Å². The van der Waals surface area contributed by atoms with E-state index < -0.39 is 6.10 Å². The number of hydrogen-bond acceptors (Lipinski definition) is 5. The van der Waals surface area contributed by atoms with Gasteiger partial charge in [0.1, 0.15) is 0 Å². The average molecular weight is 193 g/mol. The van der Waals surface area contributed by atoms with Crippen LogP contribution in [0.1, 0.15) is 18.2 Å². The number of hydrogen-bond donors (Lipinski definition) is 2. The van der Waals surface area contributed by atoms with Crippen LogP contribution in [0.2, 0.25) is 0 Å². The van der Waals surface area contributed by atoms with Gasteiger partial charge in [-0.15, -0.1) is 5.10 Å². The quantitative estimate of drug-likeness (QED) is 0.686. The van der Waals surface area contributed by atoms with Crippen LogP contribution >= 0.6 is 0 Å². The molecule has 0 aromatic carbocycles. The van der Waals surface area contributed by atoms with Crippen molar-refractivity contribution in [3.05, 3.63) is 23.9 Å². The molecule has 14 heavy (non-hydrogen) atoms.